The number of benzene rings is 1. The van der Waals surface area contributed by atoms with E-state index < -0.39 is 6.10 Å². The number of nitrogens with zero attached hydrogens (tertiary/aromatic N) is 2. The number of rotatable bonds is 13. The van der Waals surface area contributed by atoms with Crippen molar-refractivity contribution in [2.45, 2.75) is 93.6 Å². The van der Waals surface area contributed by atoms with Crippen molar-refractivity contribution in [2.24, 2.45) is 5.92 Å². The van der Waals surface area contributed by atoms with Gasteiger partial charge in [-0.25, -0.2) is 0 Å². The predicted molar refractivity (Wildman–Crippen MR) is 155 cm³/mol. The molecule has 200 valence electrons. The minimum Gasteiger partial charge on any atom is -0.370 e. The summed E-state index contributed by atoms with van der Waals surface area (Å²) in [5.74, 6) is 0.522. The van der Waals surface area contributed by atoms with Crippen molar-refractivity contribution in [3.05, 3.63) is 76.6 Å². The molecule has 2 atom stereocenters. The Morgan fingerprint density at radius 2 is 1.69 bits per heavy atom. The molecule has 0 N–H and O–H groups in total. The summed E-state index contributed by atoms with van der Waals surface area (Å²) in [6.45, 7) is 20.9. The van der Waals surface area contributed by atoms with Crippen LogP contribution in [0.5, 0.6) is 0 Å². The molecule has 0 aliphatic heterocycles. The highest BCUT2D eigenvalue weighted by Crippen LogP contribution is 2.26. The fourth-order valence-corrected chi connectivity index (χ4v) is 3.86. The van der Waals surface area contributed by atoms with E-state index in [1.165, 1.54) is 5.57 Å². The Morgan fingerprint density at radius 1 is 1.08 bits per heavy atom. The van der Waals surface area contributed by atoms with Crippen molar-refractivity contribution in [1.82, 2.24) is 10.2 Å². The molecule has 0 saturated heterocycles. The number of ketones is 1. The Kier molecular flexibility index (Phi) is 18.6. The molecule has 0 aliphatic rings. The van der Waals surface area contributed by atoms with Gasteiger partial charge in [-0.05, 0) is 67.9 Å². The number of aromatic nitrogens is 2. The van der Waals surface area contributed by atoms with E-state index in [0.29, 0.717) is 24.0 Å². The van der Waals surface area contributed by atoms with Crippen LogP contribution in [0.25, 0.3) is 5.57 Å². The lowest BCUT2D eigenvalue weighted by Gasteiger charge is -2.17. The minimum absolute atomic E-state index is 0.0592. The van der Waals surface area contributed by atoms with E-state index >= 15 is 0 Å². The monoisotopic (exact) mass is 514 g/mol. The van der Waals surface area contributed by atoms with Gasteiger partial charge in [-0.2, -0.15) is 10.2 Å². The molecule has 0 aliphatic carbocycles. The number of allylic oxidation sites excluding steroid dienone is 3. The number of Topliss-reactive ketones (excluding diaryl/α,β-unsaturated/α-hetero) is 1. The number of hydrogen-bond acceptors (Lipinski definition) is 4. The summed E-state index contributed by atoms with van der Waals surface area (Å²) in [6, 6.07) is 7.57. The van der Waals surface area contributed by atoms with Gasteiger partial charge in [0.15, 0.2) is 5.78 Å². The van der Waals surface area contributed by atoms with Gasteiger partial charge in [0.05, 0.1) is 12.4 Å². The van der Waals surface area contributed by atoms with Gasteiger partial charge >= 0.3 is 0 Å². The predicted octanol–water partition coefficient (Wildman–Crippen LogP) is 8.86. The molecule has 0 fully saturated rings. The molecule has 5 heteroatoms. The van der Waals surface area contributed by atoms with Gasteiger partial charge in [0.1, 0.15) is 6.10 Å². The van der Waals surface area contributed by atoms with Crippen LogP contribution in [-0.4, -0.2) is 28.7 Å². The highest BCUT2D eigenvalue weighted by molar-refractivity contribution is 6.30. The highest BCUT2D eigenvalue weighted by Gasteiger charge is 2.16. The maximum atomic E-state index is 12.0. The zero-order valence-electron chi connectivity index (χ0n) is 23.7. The summed E-state index contributed by atoms with van der Waals surface area (Å²) in [5.41, 5.74) is 5.55. The van der Waals surface area contributed by atoms with Gasteiger partial charge in [-0.15, -0.1) is 0 Å². The van der Waals surface area contributed by atoms with Crippen LogP contribution in [-0.2, 0) is 16.0 Å². The summed E-state index contributed by atoms with van der Waals surface area (Å²) >= 11 is 5.94. The lowest BCUT2D eigenvalue weighted by molar-refractivity contribution is -0.128. The largest absolute Gasteiger partial charge is 0.370 e. The third kappa shape index (κ3) is 12.6. The fraction of sp³-hybridized carbons (Fsp3) is 0.516. The number of carbonyl (C=O) groups is 1. The smallest absolute Gasteiger partial charge is 0.158 e. The van der Waals surface area contributed by atoms with Gasteiger partial charge in [0, 0.05) is 23.6 Å². The number of aryl methyl sites for hydroxylation is 1. The number of ether oxygens (including phenoxy) is 1. The van der Waals surface area contributed by atoms with Crippen LogP contribution in [0.4, 0.5) is 0 Å². The first-order valence-corrected chi connectivity index (χ1v) is 13.7. The lowest BCUT2D eigenvalue weighted by Crippen LogP contribution is -2.25. The van der Waals surface area contributed by atoms with Crippen LogP contribution in [0.2, 0.25) is 5.02 Å². The molecule has 2 rings (SSSR count). The molecule has 0 bridgehead atoms. The van der Waals surface area contributed by atoms with Gasteiger partial charge in [0.2, 0.25) is 0 Å². The van der Waals surface area contributed by atoms with E-state index in [0.717, 1.165) is 47.9 Å². The molecule has 0 radical (unpaired) electrons. The first-order chi connectivity index (χ1) is 17.3. The zero-order chi connectivity index (χ0) is 27.5. The van der Waals surface area contributed by atoms with Crippen LogP contribution in [0.1, 0.15) is 90.8 Å². The molecule has 0 saturated carbocycles. The van der Waals surface area contributed by atoms with Crippen LogP contribution in [0.15, 0.2) is 54.9 Å². The number of unbranched alkanes of at least 4 members (excludes halogenated alkanes) is 1. The summed E-state index contributed by atoms with van der Waals surface area (Å²) < 4.78 is 5.92. The standard InChI is InChI=1S/C27H35ClN2O2.2C2H6/c1-6-24(15-20(3)26-18-30-29-17-21(26)4)19(2)9-7-8-14-32-27(22(5)31)16-23-10-12-25(28)13-11-23;2*1-2/h10-13,15,17-19,27H,3,6-9,14,16H2,1-2,4-5H3;2*1-2H3/b24-15+;;. The second-order valence-corrected chi connectivity index (χ2v) is 8.82. The Morgan fingerprint density at radius 3 is 2.25 bits per heavy atom. The summed E-state index contributed by atoms with van der Waals surface area (Å²) in [6.07, 6.45) is 9.96. The Hall–Kier alpha value is -2.30. The van der Waals surface area contributed by atoms with E-state index in [1.54, 1.807) is 19.3 Å². The average Bonchev–Trinajstić information content (AvgIpc) is 2.89. The van der Waals surface area contributed by atoms with Crippen molar-refractivity contribution in [3.8, 4) is 0 Å². The molecule has 2 aromatic rings. The van der Waals surface area contributed by atoms with Crippen molar-refractivity contribution in [1.29, 1.82) is 0 Å². The maximum Gasteiger partial charge on any atom is 0.158 e. The average molecular weight is 515 g/mol. The molecule has 1 heterocycles. The third-order valence-electron chi connectivity index (χ3n) is 5.81. The van der Waals surface area contributed by atoms with Gasteiger partial charge in [0.25, 0.3) is 0 Å². The topological polar surface area (TPSA) is 52.1 Å². The van der Waals surface area contributed by atoms with Crippen LogP contribution < -0.4 is 0 Å². The van der Waals surface area contributed by atoms with E-state index in [4.69, 9.17) is 16.3 Å². The number of halogens is 1. The van der Waals surface area contributed by atoms with Gasteiger partial charge in [-0.1, -0.05) is 89.9 Å². The molecule has 2 unspecified atom stereocenters. The Bertz CT molecular complexity index is 922. The summed E-state index contributed by atoms with van der Waals surface area (Å²) in [4.78, 5) is 12.0. The Balaban J connectivity index is 0.00000291. The molecule has 0 spiro atoms. The zero-order valence-corrected chi connectivity index (χ0v) is 24.5. The van der Waals surface area contributed by atoms with Crippen molar-refractivity contribution < 1.29 is 9.53 Å². The first-order valence-electron chi connectivity index (χ1n) is 13.3. The summed E-state index contributed by atoms with van der Waals surface area (Å²) in [7, 11) is 0. The normalized spacial score (nSPS) is 12.4. The van der Waals surface area contributed by atoms with Crippen LogP contribution in [0, 0.1) is 12.8 Å². The first kappa shape index (κ1) is 33.7. The van der Waals surface area contributed by atoms with Crippen molar-refractivity contribution in [2.75, 3.05) is 6.61 Å². The molecular formula is C31H47ClN2O2. The fourth-order valence-electron chi connectivity index (χ4n) is 3.73. The van der Waals surface area contributed by atoms with Crippen molar-refractivity contribution >= 4 is 23.0 Å². The molecule has 4 nitrogen and oxygen atoms in total. The van der Waals surface area contributed by atoms with Crippen LogP contribution >= 0.6 is 11.6 Å². The lowest BCUT2D eigenvalue weighted by atomic mass is 9.90. The highest BCUT2D eigenvalue weighted by atomic mass is 35.5. The number of carbonyl (C=O) groups excluding carboxylic acids is 1. The van der Waals surface area contributed by atoms with E-state index in [1.807, 2.05) is 58.9 Å². The van der Waals surface area contributed by atoms with Crippen LogP contribution in [0.3, 0.4) is 0 Å². The molecule has 1 aromatic carbocycles. The van der Waals surface area contributed by atoms with Crippen molar-refractivity contribution in [3.63, 3.8) is 0 Å². The molecule has 0 amide bonds. The second kappa shape index (κ2) is 19.8. The third-order valence-corrected chi connectivity index (χ3v) is 6.07. The number of hydrogen-bond donors (Lipinski definition) is 0. The minimum atomic E-state index is -0.403. The molecular weight excluding hydrogens is 468 g/mol. The maximum absolute atomic E-state index is 12.0. The SMILES string of the molecule is C=C(/C=C(\CC)C(C)CCCCOC(Cc1ccc(Cl)cc1)C(C)=O)c1cnncc1C.CC.CC. The van der Waals surface area contributed by atoms with E-state index in [9.17, 15) is 4.79 Å². The van der Waals surface area contributed by atoms with E-state index in [2.05, 4.69) is 36.7 Å². The molecule has 1 aromatic heterocycles. The van der Waals surface area contributed by atoms with Gasteiger partial charge < -0.3 is 4.74 Å². The van der Waals surface area contributed by atoms with E-state index in [-0.39, 0.29) is 5.78 Å². The Labute approximate surface area is 225 Å². The quantitative estimate of drug-likeness (QED) is 0.198. The summed E-state index contributed by atoms with van der Waals surface area (Å²) in [5, 5.41) is 8.60. The second-order valence-electron chi connectivity index (χ2n) is 8.38. The molecule has 36 heavy (non-hydrogen) atoms. The van der Waals surface area contributed by atoms with Gasteiger partial charge in [-0.3, -0.25) is 4.79 Å².